The molecule has 2 heterocycles. The van der Waals surface area contributed by atoms with E-state index in [9.17, 15) is 38.7 Å². The third kappa shape index (κ3) is 14.2. The Morgan fingerprint density at radius 3 is 1.90 bits per heavy atom. The van der Waals surface area contributed by atoms with E-state index in [4.69, 9.17) is 11.5 Å². The average Bonchev–Trinajstić information content (AvgIpc) is 3.93. The number of β-amino-alcohol motifs (C(OH)–C–C–N with tert-alkyl or cyclic N) is 1. The molecule has 1 saturated carbocycles. The first-order valence-electron chi connectivity index (χ1n) is 23.4. The topological polar surface area (TPSA) is 271 Å². The van der Waals surface area contributed by atoms with Crippen LogP contribution in [0.4, 0.5) is 0 Å². The highest BCUT2D eigenvalue weighted by Gasteiger charge is 2.43. The summed E-state index contributed by atoms with van der Waals surface area (Å²) in [6.07, 6.45) is 6.20. The van der Waals surface area contributed by atoms with Crippen LogP contribution in [0.5, 0.6) is 0 Å². The van der Waals surface area contributed by atoms with Gasteiger partial charge in [0, 0.05) is 56.3 Å². The number of nitrogens with zero attached hydrogens (tertiary/aromatic N) is 1. The van der Waals surface area contributed by atoms with Crippen LogP contribution in [0.3, 0.4) is 0 Å². The largest absolute Gasteiger partial charge is 0.391 e. The minimum atomic E-state index is -1.21. The molecular formula is C50H65N9O8. The summed E-state index contributed by atoms with van der Waals surface area (Å²) >= 11 is 0. The molecule has 17 heteroatoms. The van der Waals surface area contributed by atoms with Crippen LogP contribution in [0.25, 0.3) is 10.9 Å². The molecule has 0 bridgehead atoms. The van der Waals surface area contributed by atoms with E-state index >= 15 is 0 Å². The predicted octanol–water partition coefficient (Wildman–Crippen LogP) is 1.80. The summed E-state index contributed by atoms with van der Waals surface area (Å²) in [7, 11) is 0. The number of carbonyl (C=O) groups is 7. The Morgan fingerprint density at radius 2 is 1.27 bits per heavy atom. The monoisotopic (exact) mass is 919 g/mol. The number of rotatable bonds is 22. The van der Waals surface area contributed by atoms with Crippen molar-refractivity contribution in [1.29, 1.82) is 0 Å². The van der Waals surface area contributed by atoms with E-state index in [1.54, 1.807) is 6.20 Å². The van der Waals surface area contributed by atoms with E-state index in [1.807, 2.05) is 84.9 Å². The van der Waals surface area contributed by atoms with Crippen molar-refractivity contribution in [3.63, 3.8) is 0 Å². The van der Waals surface area contributed by atoms with Gasteiger partial charge in [-0.25, -0.2) is 0 Å². The lowest BCUT2D eigenvalue weighted by molar-refractivity contribution is -0.143. The van der Waals surface area contributed by atoms with Crippen LogP contribution in [0.2, 0.25) is 0 Å². The number of hydrogen-bond donors (Lipinski definition) is 9. The van der Waals surface area contributed by atoms with Crippen LogP contribution in [0, 0.1) is 5.92 Å². The van der Waals surface area contributed by atoms with E-state index < -0.39 is 83.7 Å². The van der Waals surface area contributed by atoms with Crippen molar-refractivity contribution in [2.45, 2.75) is 126 Å². The number of primary amides is 1. The zero-order valence-electron chi connectivity index (χ0n) is 38.1. The molecule has 1 aromatic heterocycles. The zero-order chi connectivity index (χ0) is 47.9. The fourth-order valence-electron chi connectivity index (χ4n) is 9.26. The van der Waals surface area contributed by atoms with Crippen LogP contribution in [-0.2, 0) is 52.8 Å². The molecule has 67 heavy (non-hydrogen) atoms. The molecule has 4 aromatic rings. The molecule has 358 valence electrons. The van der Waals surface area contributed by atoms with E-state index in [1.165, 1.54) is 11.8 Å². The minimum absolute atomic E-state index is 0.0314. The molecule has 2 fully saturated rings. The second kappa shape index (κ2) is 24.3. The quantitative estimate of drug-likeness (QED) is 0.0556. The van der Waals surface area contributed by atoms with Crippen LogP contribution in [-0.4, -0.2) is 112 Å². The number of nitrogens with one attached hydrogen (secondary N) is 6. The van der Waals surface area contributed by atoms with Gasteiger partial charge in [-0.05, 0) is 54.5 Å². The lowest BCUT2D eigenvalue weighted by Crippen LogP contribution is -2.60. The van der Waals surface area contributed by atoms with Gasteiger partial charge in [-0.3, -0.25) is 33.6 Å². The fraction of sp³-hybridized carbons (Fsp3) is 0.460. The molecule has 3 aromatic carbocycles. The number of nitrogens with two attached hydrogens (primary N) is 2. The van der Waals surface area contributed by atoms with Crippen molar-refractivity contribution in [1.82, 2.24) is 36.5 Å². The molecule has 17 nitrogen and oxygen atoms in total. The first-order chi connectivity index (χ1) is 32.3. The SMILES string of the molecule is CC(=O)N[C@@H](Cc1ccccc1)C(=O)N[C@@H](CCCN)C(=O)N1C[C@H](O)C[C@H]1C(=O)N[C@@H](CC1CCCCC1)C(=O)N[C@@H](Cc1c[nH]c2ccccc12)C(=O)N[C@@H](Cc1ccccc1)C(N)=O. The number of carbonyl (C=O) groups excluding carboxylic acids is 7. The molecule has 1 saturated heterocycles. The Hall–Kier alpha value is -6.59. The number of benzene rings is 3. The van der Waals surface area contributed by atoms with Crippen molar-refractivity contribution in [2.75, 3.05) is 13.1 Å². The standard InChI is InChI=1S/C50H65N9O8/c1-31(60)54-41(25-33-16-7-3-8-17-33)46(63)55-39(22-13-23-51)50(67)59-30-36(61)28-44(59)49(66)58-42(26-34-18-9-4-10-19-34)47(64)57-43(27-35-29-53-38-21-12-11-20-37(35)38)48(65)56-40(45(52)62)24-32-14-5-2-6-15-32/h2-3,5-8,11-12,14-17,20-21,29,34,36,39-44,53,61H,4,9-10,13,18-19,22-28,30,51H2,1H3,(H2,52,62)(H,54,60)(H,55,63)(H,56,65)(H,57,64)(H,58,66)/t36-,39+,40+,41+,42+,43+,44+/m1/s1. The number of amides is 7. The lowest BCUT2D eigenvalue weighted by Gasteiger charge is -2.32. The van der Waals surface area contributed by atoms with Crippen LogP contribution in [0.15, 0.2) is 91.1 Å². The lowest BCUT2D eigenvalue weighted by atomic mass is 9.84. The molecule has 7 amide bonds. The molecular weight excluding hydrogens is 855 g/mol. The van der Waals surface area contributed by atoms with Crippen molar-refractivity contribution < 1.29 is 38.7 Å². The van der Waals surface area contributed by atoms with Crippen molar-refractivity contribution >= 4 is 52.3 Å². The Morgan fingerprint density at radius 1 is 0.701 bits per heavy atom. The molecule has 1 aliphatic carbocycles. The van der Waals surface area contributed by atoms with Crippen LogP contribution >= 0.6 is 0 Å². The van der Waals surface area contributed by atoms with Gasteiger partial charge in [0.05, 0.1) is 6.10 Å². The summed E-state index contributed by atoms with van der Waals surface area (Å²) in [4.78, 5) is 101. The Kier molecular flexibility index (Phi) is 18.0. The van der Waals surface area contributed by atoms with E-state index in [-0.39, 0.29) is 57.5 Å². The number of fused-ring (bicyclic) bond motifs is 1. The minimum Gasteiger partial charge on any atom is -0.391 e. The second-order valence-corrected chi connectivity index (χ2v) is 17.9. The Bertz CT molecular complexity index is 2320. The number of hydrogen-bond acceptors (Lipinski definition) is 9. The second-order valence-electron chi connectivity index (χ2n) is 17.9. The van der Waals surface area contributed by atoms with Crippen LogP contribution < -0.4 is 38.1 Å². The number of aromatic amines is 1. The summed E-state index contributed by atoms with van der Waals surface area (Å²) in [5.41, 5.74) is 14.8. The predicted molar refractivity (Wildman–Crippen MR) is 252 cm³/mol. The number of likely N-dealkylation sites (tertiary alicyclic amines) is 1. The maximum Gasteiger partial charge on any atom is 0.245 e. The smallest absolute Gasteiger partial charge is 0.245 e. The molecule has 2 aliphatic rings. The van der Waals surface area contributed by atoms with E-state index in [0.717, 1.165) is 59.7 Å². The molecule has 0 spiro atoms. The van der Waals surface area contributed by atoms with Gasteiger partial charge in [-0.15, -0.1) is 0 Å². The summed E-state index contributed by atoms with van der Waals surface area (Å²) in [6.45, 7) is 1.30. The van der Waals surface area contributed by atoms with Gasteiger partial charge in [0.2, 0.25) is 41.4 Å². The highest BCUT2D eigenvalue weighted by molar-refractivity contribution is 5.98. The van der Waals surface area contributed by atoms with Gasteiger partial charge >= 0.3 is 0 Å². The number of aliphatic hydroxyl groups excluding tert-OH is 1. The summed E-state index contributed by atoms with van der Waals surface area (Å²) in [6, 6.07) is 18.9. The highest BCUT2D eigenvalue weighted by atomic mass is 16.3. The van der Waals surface area contributed by atoms with Gasteiger partial charge in [0.25, 0.3) is 0 Å². The number of H-pyrrole nitrogens is 1. The van der Waals surface area contributed by atoms with Gasteiger partial charge in [0.15, 0.2) is 0 Å². The third-order valence-corrected chi connectivity index (χ3v) is 12.8. The zero-order valence-corrected chi connectivity index (χ0v) is 38.1. The summed E-state index contributed by atoms with van der Waals surface area (Å²) < 4.78 is 0. The van der Waals surface area contributed by atoms with Gasteiger partial charge in [-0.1, -0.05) is 111 Å². The molecule has 0 unspecified atom stereocenters. The first kappa shape index (κ1) is 49.8. The van der Waals surface area contributed by atoms with Crippen molar-refractivity contribution in [3.05, 3.63) is 108 Å². The number of aliphatic hydroxyl groups is 1. The maximum absolute atomic E-state index is 14.7. The van der Waals surface area contributed by atoms with E-state index in [0.29, 0.717) is 6.42 Å². The molecule has 0 radical (unpaired) electrons. The third-order valence-electron chi connectivity index (χ3n) is 12.8. The Labute approximate surface area is 390 Å². The summed E-state index contributed by atoms with van der Waals surface area (Å²) in [5, 5.41) is 25.8. The first-order valence-corrected chi connectivity index (χ1v) is 23.4. The molecule has 1 aliphatic heterocycles. The summed E-state index contributed by atoms with van der Waals surface area (Å²) in [5.74, 6) is -4.30. The van der Waals surface area contributed by atoms with Gasteiger partial charge in [-0.2, -0.15) is 0 Å². The Balaban J connectivity index is 1.23. The maximum atomic E-state index is 14.7. The van der Waals surface area contributed by atoms with Gasteiger partial charge in [0.1, 0.15) is 36.3 Å². The number of para-hydroxylation sites is 1. The van der Waals surface area contributed by atoms with E-state index in [2.05, 4.69) is 31.6 Å². The van der Waals surface area contributed by atoms with Crippen molar-refractivity contribution in [3.8, 4) is 0 Å². The normalized spacial score (nSPS) is 18.5. The van der Waals surface area contributed by atoms with Gasteiger partial charge < -0.3 is 53.0 Å². The molecule has 6 rings (SSSR count). The highest BCUT2D eigenvalue weighted by Crippen LogP contribution is 2.28. The fourth-order valence-corrected chi connectivity index (χ4v) is 9.26. The van der Waals surface area contributed by atoms with Crippen molar-refractivity contribution in [2.24, 2.45) is 17.4 Å². The number of aromatic nitrogens is 1. The average molecular weight is 920 g/mol. The molecule has 7 atom stereocenters. The molecule has 11 N–H and O–H groups in total. The van der Waals surface area contributed by atoms with Crippen LogP contribution in [0.1, 0.15) is 81.4 Å².